The Kier molecular flexibility index (Phi) is 6.22. The Morgan fingerprint density at radius 2 is 1.81 bits per heavy atom. The minimum absolute atomic E-state index is 0.138. The van der Waals surface area contributed by atoms with Gasteiger partial charge in [-0.2, -0.15) is 4.31 Å². The highest BCUT2D eigenvalue weighted by atomic mass is 32.2. The van der Waals surface area contributed by atoms with Crippen molar-refractivity contribution in [2.75, 3.05) is 24.5 Å². The molecule has 0 amide bonds. The number of anilines is 1. The molecule has 0 saturated carbocycles. The van der Waals surface area contributed by atoms with E-state index in [0.717, 1.165) is 19.3 Å². The summed E-state index contributed by atoms with van der Waals surface area (Å²) in [6.45, 7) is 8.07. The van der Waals surface area contributed by atoms with Crippen molar-refractivity contribution in [1.82, 2.24) is 4.31 Å². The van der Waals surface area contributed by atoms with E-state index in [4.69, 9.17) is 0 Å². The SMILES string of the molecule is CCCCc1ccc(S(=O)(=O)N2CCN(c3cccc(C)c3)C(C)C2)cc1. The van der Waals surface area contributed by atoms with Crippen LogP contribution in [0.5, 0.6) is 0 Å². The highest BCUT2D eigenvalue weighted by Gasteiger charge is 2.32. The highest BCUT2D eigenvalue weighted by molar-refractivity contribution is 7.89. The normalized spacial score (nSPS) is 18.6. The fraction of sp³-hybridized carbons (Fsp3) is 0.455. The van der Waals surface area contributed by atoms with Gasteiger partial charge in [0.25, 0.3) is 0 Å². The van der Waals surface area contributed by atoms with Gasteiger partial charge in [-0.25, -0.2) is 8.42 Å². The van der Waals surface area contributed by atoms with E-state index in [0.29, 0.717) is 24.5 Å². The van der Waals surface area contributed by atoms with E-state index < -0.39 is 10.0 Å². The summed E-state index contributed by atoms with van der Waals surface area (Å²) < 4.78 is 27.8. The second-order valence-corrected chi connectivity index (χ2v) is 9.43. The fourth-order valence-corrected chi connectivity index (χ4v) is 5.20. The number of sulfonamides is 1. The molecular formula is C22H30N2O2S. The van der Waals surface area contributed by atoms with Crippen LogP contribution in [0.3, 0.4) is 0 Å². The van der Waals surface area contributed by atoms with E-state index in [-0.39, 0.29) is 6.04 Å². The molecule has 0 spiro atoms. The molecule has 4 nitrogen and oxygen atoms in total. The van der Waals surface area contributed by atoms with Crippen LogP contribution in [0.15, 0.2) is 53.4 Å². The first-order valence-electron chi connectivity index (χ1n) is 9.84. The summed E-state index contributed by atoms with van der Waals surface area (Å²) in [5.41, 5.74) is 3.59. The Hall–Kier alpha value is -1.85. The van der Waals surface area contributed by atoms with Crippen LogP contribution in [0.4, 0.5) is 5.69 Å². The first-order chi connectivity index (χ1) is 12.9. The Bertz CT molecular complexity index is 862. The molecule has 3 rings (SSSR count). The van der Waals surface area contributed by atoms with Crippen LogP contribution in [-0.2, 0) is 16.4 Å². The third kappa shape index (κ3) is 4.53. The van der Waals surface area contributed by atoms with Gasteiger partial charge in [0.1, 0.15) is 0 Å². The molecule has 27 heavy (non-hydrogen) atoms. The molecular weight excluding hydrogens is 356 g/mol. The lowest BCUT2D eigenvalue weighted by Crippen LogP contribution is -2.53. The average molecular weight is 387 g/mol. The molecule has 1 fully saturated rings. The molecule has 2 aromatic rings. The number of benzene rings is 2. The maximum absolute atomic E-state index is 13.1. The van der Waals surface area contributed by atoms with Gasteiger partial charge in [0.15, 0.2) is 0 Å². The Morgan fingerprint density at radius 3 is 2.44 bits per heavy atom. The molecule has 0 bridgehead atoms. The van der Waals surface area contributed by atoms with Crippen LogP contribution in [0.25, 0.3) is 0 Å². The number of nitrogens with zero attached hydrogens (tertiary/aromatic N) is 2. The zero-order valence-electron chi connectivity index (χ0n) is 16.6. The minimum atomic E-state index is -3.44. The second-order valence-electron chi connectivity index (χ2n) is 7.49. The van der Waals surface area contributed by atoms with Gasteiger partial charge in [0.2, 0.25) is 10.0 Å². The van der Waals surface area contributed by atoms with Gasteiger partial charge in [0, 0.05) is 31.4 Å². The zero-order valence-corrected chi connectivity index (χ0v) is 17.4. The van der Waals surface area contributed by atoms with E-state index in [1.807, 2.05) is 12.1 Å². The summed E-state index contributed by atoms with van der Waals surface area (Å²) in [4.78, 5) is 2.70. The molecule has 1 aliphatic rings. The van der Waals surface area contributed by atoms with Gasteiger partial charge < -0.3 is 4.90 Å². The predicted molar refractivity (Wildman–Crippen MR) is 112 cm³/mol. The number of piperazine rings is 1. The average Bonchev–Trinajstić information content (AvgIpc) is 2.66. The molecule has 5 heteroatoms. The second kappa shape index (κ2) is 8.44. The van der Waals surface area contributed by atoms with Gasteiger partial charge in [-0.05, 0) is 62.1 Å². The van der Waals surface area contributed by atoms with E-state index >= 15 is 0 Å². The molecule has 1 saturated heterocycles. The number of hydrogen-bond donors (Lipinski definition) is 0. The van der Waals surface area contributed by atoms with E-state index in [2.05, 4.69) is 49.9 Å². The minimum Gasteiger partial charge on any atom is -0.366 e. The first-order valence-corrected chi connectivity index (χ1v) is 11.3. The van der Waals surface area contributed by atoms with Crippen LogP contribution >= 0.6 is 0 Å². The van der Waals surface area contributed by atoms with E-state index in [1.165, 1.54) is 16.8 Å². The maximum atomic E-state index is 13.1. The van der Waals surface area contributed by atoms with Gasteiger partial charge >= 0.3 is 0 Å². The number of rotatable bonds is 6. The van der Waals surface area contributed by atoms with Crippen LogP contribution in [0.2, 0.25) is 0 Å². The molecule has 1 aliphatic heterocycles. The van der Waals surface area contributed by atoms with Crippen LogP contribution < -0.4 is 4.90 Å². The smallest absolute Gasteiger partial charge is 0.243 e. The summed E-state index contributed by atoms with van der Waals surface area (Å²) in [7, 11) is -3.44. The Morgan fingerprint density at radius 1 is 1.07 bits per heavy atom. The molecule has 146 valence electrons. The van der Waals surface area contributed by atoms with Crippen molar-refractivity contribution in [3.05, 3.63) is 59.7 Å². The highest BCUT2D eigenvalue weighted by Crippen LogP contribution is 2.25. The van der Waals surface area contributed by atoms with Gasteiger partial charge in [-0.15, -0.1) is 0 Å². The summed E-state index contributed by atoms with van der Waals surface area (Å²) in [5.74, 6) is 0. The van der Waals surface area contributed by atoms with Crippen molar-refractivity contribution in [3.63, 3.8) is 0 Å². The third-order valence-electron chi connectivity index (χ3n) is 5.30. The summed E-state index contributed by atoms with van der Waals surface area (Å²) in [6, 6.07) is 16.0. The van der Waals surface area contributed by atoms with Crippen molar-refractivity contribution in [3.8, 4) is 0 Å². The maximum Gasteiger partial charge on any atom is 0.243 e. The van der Waals surface area contributed by atoms with E-state index in [1.54, 1.807) is 16.4 Å². The summed E-state index contributed by atoms with van der Waals surface area (Å²) in [5, 5.41) is 0. The molecule has 0 aromatic heterocycles. The van der Waals surface area contributed by atoms with Crippen molar-refractivity contribution < 1.29 is 8.42 Å². The van der Waals surface area contributed by atoms with Crippen molar-refractivity contribution in [2.45, 2.75) is 51.0 Å². The fourth-order valence-electron chi connectivity index (χ4n) is 3.69. The van der Waals surface area contributed by atoms with Crippen molar-refractivity contribution >= 4 is 15.7 Å². The summed E-state index contributed by atoms with van der Waals surface area (Å²) in [6.07, 6.45) is 3.27. The standard InChI is InChI=1S/C22H30N2O2S/c1-4-5-8-20-10-12-22(13-11-20)27(25,26)23-14-15-24(19(3)17-23)21-9-6-7-18(2)16-21/h6-7,9-13,16,19H,4-5,8,14-15,17H2,1-3H3. The number of unbranched alkanes of at least 4 members (excludes halogenated alkanes) is 1. The Balaban J connectivity index is 1.71. The van der Waals surface area contributed by atoms with Gasteiger partial charge in [0.05, 0.1) is 4.90 Å². The van der Waals surface area contributed by atoms with Crippen LogP contribution in [0.1, 0.15) is 37.8 Å². The van der Waals surface area contributed by atoms with Gasteiger partial charge in [-0.1, -0.05) is 37.6 Å². The topological polar surface area (TPSA) is 40.6 Å². The third-order valence-corrected chi connectivity index (χ3v) is 7.18. The molecule has 1 atom stereocenters. The molecule has 1 heterocycles. The van der Waals surface area contributed by atoms with E-state index in [9.17, 15) is 8.42 Å². The lowest BCUT2D eigenvalue weighted by molar-refractivity contribution is 0.342. The predicted octanol–water partition coefficient (Wildman–Crippen LogP) is 4.24. The lowest BCUT2D eigenvalue weighted by Gasteiger charge is -2.40. The number of aryl methyl sites for hydroxylation is 2. The number of hydrogen-bond acceptors (Lipinski definition) is 3. The molecule has 0 aliphatic carbocycles. The molecule has 1 unspecified atom stereocenters. The lowest BCUT2D eigenvalue weighted by atomic mass is 10.1. The quantitative estimate of drug-likeness (QED) is 0.746. The van der Waals surface area contributed by atoms with Crippen LogP contribution in [0, 0.1) is 6.92 Å². The van der Waals surface area contributed by atoms with Crippen molar-refractivity contribution in [1.29, 1.82) is 0 Å². The monoisotopic (exact) mass is 386 g/mol. The summed E-state index contributed by atoms with van der Waals surface area (Å²) >= 11 is 0. The molecule has 2 aromatic carbocycles. The zero-order chi connectivity index (χ0) is 19.4. The molecule has 0 radical (unpaired) electrons. The largest absolute Gasteiger partial charge is 0.366 e. The first kappa shape index (κ1) is 19.9. The molecule has 0 N–H and O–H groups in total. The van der Waals surface area contributed by atoms with Gasteiger partial charge in [-0.3, -0.25) is 0 Å². The van der Waals surface area contributed by atoms with Crippen molar-refractivity contribution in [2.24, 2.45) is 0 Å². The Labute approximate surface area is 163 Å². The van der Waals surface area contributed by atoms with Crippen LogP contribution in [-0.4, -0.2) is 38.4 Å².